The quantitative estimate of drug-likeness (QED) is 0.324. The molecule has 0 spiro atoms. The minimum absolute atomic E-state index is 0.0157. The van der Waals surface area contributed by atoms with Crippen molar-refractivity contribution in [2.75, 3.05) is 9.62 Å². The van der Waals surface area contributed by atoms with Gasteiger partial charge < -0.3 is 4.81 Å². The standard InChI is InChI=1S/C28H29BN3/c1-20-12-9-10-17-25(20)32-28-27(23(4)18-19-30(28)5)31(24-15-7-6-8-16-24)29(32)26-21(2)13-11-14-22(26)3/h6-19H,1-5H3/q+1. The van der Waals surface area contributed by atoms with E-state index >= 15 is 0 Å². The molecule has 1 aromatic heterocycles. The number of benzene rings is 3. The van der Waals surface area contributed by atoms with Crippen LogP contribution in [0.5, 0.6) is 0 Å². The van der Waals surface area contributed by atoms with Gasteiger partial charge in [0.05, 0.1) is 13.2 Å². The van der Waals surface area contributed by atoms with E-state index in [1.165, 1.54) is 50.6 Å². The molecule has 158 valence electrons. The Labute approximate surface area is 191 Å². The Bertz CT molecular complexity index is 1280. The predicted molar refractivity (Wildman–Crippen MR) is 136 cm³/mol. The largest absolute Gasteiger partial charge is 0.543 e. The Hall–Kier alpha value is -3.53. The van der Waals surface area contributed by atoms with Crippen molar-refractivity contribution in [2.45, 2.75) is 27.7 Å². The van der Waals surface area contributed by atoms with Crippen molar-refractivity contribution in [3.05, 3.63) is 107 Å². The number of pyridine rings is 1. The summed E-state index contributed by atoms with van der Waals surface area (Å²) in [6.45, 7) is 8.91. The van der Waals surface area contributed by atoms with Crippen LogP contribution in [0.4, 0.5) is 22.9 Å². The number of hydrogen-bond acceptors (Lipinski definition) is 2. The van der Waals surface area contributed by atoms with Crippen LogP contribution in [0, 0.1) is 27.7 Å². The van der Waals surface area contributed by atoms with Crippen LogP contribution in [0.1, 0.15) is 22.3 Å². The van der Waals surface area contributed by atoms with Gasteiger partial charge in [-0.05, 0) is 74.2 Å². The molecule has 0 N–H and O–H groups in total. The average Bonchev–Trinajstić information content (AvgIpc) is 3.14. The number of nitrogens with zero attached hydrogens (tertiary/aromatic N) is 3. The molecule has 3 aromatic carbocycles. The maximum atomic E-state index is 2.53. The normalized spacial score (nSPS) is 13.0. The smallest absolute Gasteiger partial charge is 0.333 e. The molecule has 0 radical (unpaired) electrons. The first-order valence-corrected chi connectivity index (χ1v) is 11.2. The zero-order valence-corrected chi connectivity index (χ0v) is 19.5. The van der Waals surface area contributed by atoms with Crippen LogP contribution >= 0.6 is 0 Å². The highest BCUT2D eigenvalue weighted by molar-refractivity contribution is 6.85. The molecule has 0 bridgehead atoms. The van der Waals surface area contributed by atoms with Crippen LogP contribution in [0.3, 0.4) is 0 Å². The lowest BCUT2D eigenvalue weighted by Crippen LogP contribution is -2.56. The van der Waals surface area contributed by atoms with E-state index in [0.717, 1.165) is 0 Å². The summed E-state index contributed by atoms with van der Waals surface area (Å²) in [5.74, 6) is 1.22. The number of hydrogen-bond donors (Lipinski definition) is 0. The van der Waals surface area contributed by atoms with Gasteiger partial charge in [0.25, 0.3) is 5.82 Å². The summed E-state index contributed by atoms with van der Waals surface area (Å²) >= 11 is 0. The van der Waals surface area contributed by atoms with E-state index in [9.17, 15) is 0 Å². The molecule has 5 rings (SSSR count). The molecule has 0 aliphatic carbocycles. The molecule has 2 heterocycles. The SMILES string of the molecule is Cc1ccccc1N1B(c2c(C)cccc2C)N(c2ccccc2)c2c(C)cc[n+](C)c21. The highest BCUT2D eigenvalue weighted by atomic mass is 15.4. The Morgan fingerprint density at radius 2 is 1.25 bits per heavy atom. The molecule has 4 heteroatoms. The second-order valence-electron chi connectivity index (χ2n) is 8.82. The van der Waals surface area contributed by atoms with E-state index in [0.29, 0.717) is 0 Å². The summed E-state index contributed by atoms with van der Waals surface area (Å²) in [6, 6.07) is 28.4. The highest BCUT2D eigenvalue weighted by Crippen LogP contribution is 2.46. The Balaban J connectivity index is 1.90. The molecule has 0 unspecified atom stereocenters. The summed E-state index contributed by atoms with van der Waals surface area (Å²) in [7, 11) is 2.15. The number of para-hydroxylation sites is 2. The van der Waals surface area contributed by atoms with Crippen LogP contribution in [0.15, 0.2) is 85.1 Å². The molecule has 4 aromatic rings. The molecular formula is C28H29BN3+. The molecule has 0 atom stereocenters. The Morgan fingerprint density at radius 3 is 1.94 bits per heavy atom. The summed E-state index contributed by atoms with van der Waals surface area (Å²) in [5.41, 5.74) is 10.2. The van der Waals surface area contributed by atoms with Crippen molar-refractivity contribution < 1.29 is 4.57 Å². The lowest BCUT2D eigenvalue weighted by molar-refractivity contribution is -0.657. The van der Waals surface area contributed by atoms with Crippen molar-refractivity contribution in [1.82, 2.24) is 0 Å². The number of aromatic nitrogens is 1. The molecular weight excluding hydrogens is 389 g/mol. The predicted octanol–water partition coefficient (Wildman–Crippen LogP) is 5.43. The van der Waals surface area contributed by atoms with Crippen molar-refractivity contribution in [3.8, 4) is 0 Å². The number of fused-ring (bicyclic) bond motifs is 1. The van der Waals surface area contributed by atoms with Crippen molar-refractivity contribution >= 4 is 35.3 Å². The van der Waals surface area contributed by atoms with Gasteiger partial charge >= 0.3 is 6.98 Å². The summed E-state index contributed by atoms with van der Waals surface area (Å²) in [5, 5.41) is 0. The number of aryl methyl sites for hydroxylation is 5. The van der Waals surface area contributed by atoms with Gasteiger partial charge in [-0.25, -0.2) is 4.57 Å². The monoisotopic (exact) mass is 418 g/mol. The van der Waals surface area contributed by atoms with E-state index in [-0.39, 0.29) is 6.98 Å². The van der Waals surface area contributed by atoms with Gasteiger partial charge in [0.2, 0.25) is 0 Å². The third kappa shape index (κ3) is 3.10. The molecule has 0 amide bonds. The zero-order chi connectivity index (χ0) is 22.4. The van der Waals surface area contributed by atoms with Crippen LogP contribution in [0.2, 0.25) is 0 Å². The molecule has 1 aliphatic rings. The zero-order valence-electron chi connectivity index (χ0n) is 19.5. The molecule has 0 saturated heterocycles. The fourth-order valence-electron chi connectivity index (χ4n) is 5.08. The first-order valence-electron chi connectivity index (χ1n) is 11.2. The summed E-state index contributed by atoms with van der Waals surface area (Å²) < 4.78 is 2.26. The van der Waals surface area contributed by atoms with Crippen LogP contribution in [0.25, 0.3) is 0 Å². The molecule has 1 aliphatic heterocycles. The number of anilines is 4. The highest BCUT2D eigenvalue weighted by Gasteiger charge is 2.54. The third-order valence-corrected chi connectivity index (χ3v) is 6.64. The van der Waals surface area contributed by atoms with Gasteiger partial charge in [-0.1, -0.05) is 54.6 Å². The van der Waals surface area contributed by atoms with E-state index < -0.39 is 0 Å². The maximum absolute atomic E-state index is 2.53. The van der Waals surface area contributed by atoms with Crippen LogP contribution < -0.4 is 19.7 Å². The van der Waals surface area contributed by atoms with E-state index in [2.05, 4.69) is 134 Å². The minimum Gasteiger partial charge on any atom is -0.333 e. The van der Waals surface area contributed by atoms with E-state index in [1.807, 2.05) is 0 Å². The topological polar surface area (TPSA) is 10.4 Å². The molecule has 32 heavy (non-hydrogen) atoms. The average molecular weight is 418 g/mol. The lowest BCUT2D eigenvalue weighted by Gasteiger charge is -2.27. The second kappa shape index (κ2) is 7.87. The summed E-state index contributed by atoms with van der Waals surface area (Å²) in [6.07, 6.45) is 2.18. The van der Waals surface area contributed by atoms with Crippen molar-refractivity contribution in [1.29, 1.82) is 0 Å². The Kier molecular flexibility index (Phi) is 5.01. The van der Waals surface area contributed by atoms with Gasteiger partial charge in [-0.2, -0.15) is 0 Å². The van der Waals surface area contributed by atoms with Gasteiger partial charge in [0.1, 0.15) is 11.4 Å². The van der Waals surface area contributed by atoms with Gasteiger partial charge in [0.15, 0.2) is 0 Å². The lowest BCUT2D eigenvalue weighted by atomic mass is 9.61. The van der Waals surface area contributed by atoms with Crippen molar-refractivity contribution in [3.63, 3.8) is 0 Å². The first kappa shape index (κ1) is 20.4. The third-order valence-electron chi connectivity index (χ3n) is 6.64. The van der Waals surface area contributed by atoms with Gasteiger partial charge in [-0.3, -0.25) is 4.81 Å². The van der Waals surface area contributed by atoms with Gasteiger partial charge in [-0.15, -0.1) is 0 Å². The van der Waals surface area contributed by atoms with Crippen LogP contribution in [-0.2, 0) is 7.05 Å². The van der Waals surface area contributed by atoms with Gasteiger partial charge in [0, 0.05) is 11.2 Å². The summed E-state index contributed by atoms with van der Waals surface area (Å²) in [4.78, 5) is 5.05. The molecule has 0 fully saturated rings. The molecule has 3 nitrogen and oxygen atoms in total. The maximum Gasteiger partial charge on any atom is 0.543 e. The fourth-order valence-corrected chi connectivity index (χ4v) is 5.08. The molecule has 0 saturated carbocycles. The number of rotatable bonds is 3. The van der Waals surface area contributed by atoms with E-state index in [4.69, 9.17) is 0 Å². The minimum atomic E-state index is 0.0157. The first-order chi connectivity index (χ1) is 15.5. The van der Waals surface area contributed by atoms with Crippen LogP contribution in [-0.4, -0.2) is 6.98 Å². The fraction of sp³-hybridized carbons (Fsp3) is 0.179. The Morgan fingerprint density at radius 1 is 0.625 bits per heavy atom. The van der Waals surface area contributed by atoms with Crippen molar-refractivity contribution in [2.24, 2.45) is 7.05 Å². The second-order valence-corrected chi connectivity index (χ2v) is 8.82. The van der Waals surface area contributed by atoms with E-state index in [1.54, 1.807) is 0 Å².